The lowest BCUT2D eigenvalue weighted by Crippen LogP contribution is -2.30. The predicted octanol–water partition coefficient (Wildman–Crippen LogP) is 1.99. The van der Waals surface area contributed by atoms with E-state index < -0.39 is 0 Å². The Kier molecular flexibility index (Phi) is 4.89. The number of nitrogens with zero attached hydrogens (tertiary/aromatic N) is 3. The average Bonchev–Trinajstić information content (AvgIpc) is 2.54. The summed E-state index contributed by atoms with van der Waals surface area (Å²) in [5, 5.41) is 8.70. The molecule has 0 N–H and O–H groups in total. The number of hydrogen-bond donors (Lipinski definition) is 0. The van der Waals surface area contributed by atoms with Crippen LogP contribution < -0.4 is 4.74 Å². The number of nitriles is 1. The highest BCUT2D eigenvalue weighted by molar-refractivity contribution is 5.77. The van der Waals surface area contributed by atoms with Gasteiger partial charge in [0.15, 0.2) is 6.61 Å². The summed E-state index contributed by atoms with van der Waals surface area (Å²) in [5.41, 5.74) is 1.52. The number of amides is 1. The highest BCUT2D eigenvalue weighted by atomic mass is 16.5. The van der Waals surface area contributed by atoms with Gasteiger partial charge in [-0.05, 0) is 35.9 Å². The third-order valence-corrected chi connectivity index (χ3v) is 2.91. The number of benzene rings is 1. The van der Waals surface area contributed by atoms with Crippen LogP contribution in [-0.2, 0) is 11.3 Å². The molecule has 0 saturated carbocycles. The molecule has 0 unspecified atom stereocenters. The molecule has 5 nitrogen and oxygen atoms in total. The molecule has 1 amide bonds. The van der Waals surface area contributed by atoms with Crippen LogP contribution in [0.5, 0.6) is 5.75 Å². The minimum absolute atomic E-state index is 0.0390. The zero-order valence-corrected chi connectivity index (χ0v) is 11.7. The maximum Gasteiger partial charge on any atom is 0.260 e. The van der Waals surface area contributed by atoms with E-state index in [2.05, 4.69) is 4.98 Å². The van der Waals surface area contributed by atoms with Crippen molar-refractivity contribution in [1.29, 1.82) is 5.26 Å². The second-order valence-corrected chi connectivity index (χ2v) is 4.54. The largest absolute Gasteiger partial charge is 0.484 e. The molecule has 0 aliphatic carbocycles. The van der Waals surface area contributed by atoms with Gasteiger partial charge in [0.05, 0.1) is 11.6 Å². The minimum Gasteiger partial charge on any atom is -0.484 e. The Morgan fingerprint density at radius 2 is 2.10 bits per heavy atom. The fourth-order valence-electron chi connectivity index (χ4n) is 1.73. The number of likely N-dealkylation sites (N-methyl/N-ethyl adjacent to an activating group) is 1. The third-order valence-electron chi connectivity index (χ3n) is 2.91. The molecule has 106 valence electrons. The van der Waals surface area contributed by atoms with Crippen molar-refractivity contribution in [2.45, 2.75) is 6.54 Å². The zero-order chi connectivity index (χ0) is 15.1. The first-order valence-corrected chi connectivity index (χ1v) is 6.45. The predicted molar refractivity (Wildman–Crippen MR) is 77.4 cm³/mol. The van der Waals surface area contributed by atoms with Crippen LogP contribution >= 0.6 is 0 Å². The van der Waals surface area contributed by atoms with Gasteiger partial charge in [-0.3, -0.25) is 9.78 Å². The number of ether oxygens (including phenoxy) is 1. The van der Waals surface area contributed by atoms with Crippen LogP contribution in [0.1, 0.15) is 11.1 Å². The Morgan fingerprint density at radius 1 is 1.33 bits per heavy atom. The molecule has 0 bridgehead atoms. The standard InChI is InChI=1S/C16H15N3O2/c1-19(11-14-3-2-8-18-10-14)16(20)12-21-15-6-4-13(9-17)5-7-15/h2-8,10H,11-12H2,1H3. The van der Waals surface area contributed by atoms with Crippen LogP contribution in [0.3, 0.4) is 0 Å². The fraction of sp³-hybridized carbons (Fsp3) is 0.188. The third kappa shape index (κ3) is 4.32. The van der Waals surface area contributed by atoms with Crippen molar-refractivity contribution in [2.75, 3.05) is 13.7 Å². The molecular formula is C16H15N3O2. The quantitative estimate of drug-likeness (QED) is 0.840. The molecule has 0 spiro atoms. The second kappa shape index (κ2) is 7.06. The van der Waals surface area contributed by atoms with Crippen molar-refractivity contribution < 1.29 is 9.53 Å². The maximum absolute atomic E-state index is 12.0. The number of hydrogen-bond acceptors (Lipinski definition) is 4. The molecule has 0 aliphatic rings. The SMILES string of the molecule is CN(Cc1cccnc1)C(=O)COc1ccc(C#N)cc1. The molecule has 5 heteroatoms. The summed E-state index contributed by atoms with van der Waals surface area (Å²) in [6, 6.07) is 12.4. The first-order valence-electron chi connectivity index (χ1n) is 6.45. The van der Waals surface area contributed by atoms with Gasteiger partial charge in [0.25, 0.3) is 5.91 Å². The molecule has 1 aromatic carbocycles. The summed E-state index contributed by atoms with van der Waals surface area (Å²) in [5.74, 6) is 0.445. The van der Waals surface area contributed by atoms with E-state index in [1.165, 1.54) is 0 Å². The summed E-state index contributed by atoms with van der Waals surface area (Å²) >= 11 is 0. The van der Waals surface area contributed by atoms with Crippen molar-refractivity contribution >= 4 is 5.91 Å². The number of rotatable bonds is 5. The Morgan fingerprint density at radius 3 is 2.71 bits per heavy atom. The van der Waals surface area contributed by atoms with Crippen LogP contribution in [-0.4, -0.2) is 29.4 Å². The van der Waals surface area contributed by atoms with Gasteiger partial charge in [0.2, 0.25) is 0 Å². The molecule has 2 aromatic rings. The molecule has 0 radical (unpaired) electrons. The number of aromatic nitrogens is 1. The monoisotopic (exact) mass is 281 g/mol. The molecule has 1 heterocycles. The van der Waals surface area contributed by atoms with E-state index >= 15 is 0 Å². The zero-order valence-electron chi connectivity index (χ0n) is 11.7. The molecule has 0 aliphatic heterocycles. The number of carbonyl (C=O) groups is 1. The van der Waals surface area contributed by atoms with Crippen LogP contribution in [0, 0.1) is 11.3 Å². The van der Waals surface area contributed by atoms with Crippen molar-refractivity contribution in [3.8, 4) is 11.8 Å². The molecule has 0 fully saturated rings. The smallest absolute Gasteiger partial charge is 0.260 e. The van der Waals surface area contributed by atoms with Gasteiger partial charge in [-0.1, -0.05) is 6.07 Å². The summed E-state index contributed by atoms with van der Waals surface area (Å²) in [4.78, 5) is 17.6. The maximum atomic E-state index is 12.0. The lowest BCUT2D eigenvalue weighted by molar-refractivity contribution is -0.132. The molecular weight excluding hydrogens is 266 g/mol. The molecule has 1 aromatic heterocycles. The normalized spacial score (nSPS) is 9.71. The summed E-state index contributed by atoms with van der Waals surface area (Å²) in [7, 11) is 1.72. The van der Waals surface area contributed by atoms with Gasteiger partial charge >= 0.3 is 0 Å². The van der Waals surface area contributed by atoms with E-state index in [4.69, 9.17) is 10.00 Å². The number of carbonyl (C=O) groups excluding carboxylic acids is 1. The molecule has 0 atom stereocenters. The van der Waals surface area contributed by atoms with Gasteiger partial charge in [-0.2, -0.15) is 5.26 Å². The summed E-state index contributed by atoms with van der Waals surface area (Å²) in [6.07, 6.45) is 3.42. The van der Waals surface area contributed by atoms with Gasteiger partial charge in [0, 0.05) is 26.0 Å². The van der Waals surface area contributed by atoms with E-state index in [9.17, 15) is 4.79 Å². The van der Waals surface area contributed by atoms with Crippen LogP contribution in [0.25, 0.3) is 0 Å². The topological polar surface area (TPSA) is 66.2 Å². The van der Waals surface area contributed by atoms with Crippen molar-refractivity contribution in [3.63, 3.8) is 0 Å². The Bertz CT molecular complexity index is 633. The van der Waals surface area contributed by atoms with Gasteiger partial charge in [-0.25, -0.2) is 0 Å². The van der Waals surface area contributed by atoms with Crippen molar-refractivity contribution in [3.05, 3.63) is 59.9 Å². The lowest BCUT2D eigenvalue weighted by Gasteiger charge is -2.17. The van der Waals surface area contributed by atoms with Crippen molar-refractivity contribution in [1.82, 2.24) is 9.88 Å². The van der Waals surface area contributed by atoms with E-state index in [-0.39, 0.29) is 12.5 Å². The fourth-order valence-corrected chi connectivity index (χ4v) is 1.73. The van der Waals surface area contributed by atoms with Gasteiger partial charge in [0.1, 0.15) is 5.75 Å². The Hall–Kier alpha value is -2.87. The molecule has 2 rings (SSSR count). The first kappa shape index (κ1) is 14.5. The van der Waals surface area contributed by atoms with E-state index in [1.807, 2.05) is 18.2 Å². The summed E-state index contributed by atoms with van der Waals surface area (Å²) in [6.45, 7) is 0.450. The van der Waals surface area contributed by atoms with Gasteiger partial charge < -0.3 is 9.64 Å². The Balaban J connectivity index is 1.84. The lowest BCUT2D eigenvalue weighted by atomic mass is 10.2. The van der Waals surface area contributed by atoms with Crippen LogP contribution in [0.4, 0.5) is 0 Å². The van der Waals surface area contributed by atoms with Gasteiger partial charge in [-0.15, -0.1) is 0 Å². The van der Waals surface area contributed by atoms with E-state index in [1.54, 1.807) is 48.6 Å². The first-order chi connectivity index (χ1) is 10.2. The minimum atomic E-state index is -0.122. The number of pyridine rings is 1. The highest BCUT2D eigenvalue weighted by Crippen LogP contribution is 2.11. The average molecular weight is 281 g/mol. The Labute approximate surface area is 123 Å². The second-order valence-electron chi connectivity index (χ2n) is 4.54. The summed E-state index contributed by atoms with van der Waals surface area (Å²) < 4.78 is 5.41. The van der Waals surface area contributed by atoms with Crippen LogP contribution in [0.2, 0.25) is 0 Å². The molecule has 21 heavy (non-hydrogen) atoms. The van der Waals surface area contributed by atoms with Crippen molar-refractivity contribution in [2.24, 2.45) is 0 Å². The van der Waals surface area contributed by atoms with Crippen LogP contribution in [0.15, 0.2) is 48.8 Å². The van der Waals surface area contributed by atoms with E-state index in [0.717, 1.165) is 5.56 Å². The van der Waals surface area contributed by atoms with E-state index in [0.29, 0.717) is 17.9 Å². The molecule has 0 saturated heterocycles. The highest BCUT2D eigenvalue weighted by Gasteiger charge is 2.10.